The van der Waals surface area contributed by atoms with Crippen LogP contribution in [0.2, 0.25) is 10.0 Å². The van der Waals surface area contributed by atoms with Gasteiger partial charge in [0.1, 0.15) is 23.7 Å². The number of piperidine rings is 2. The third kappa shape index (κ3) is 7.24. The molecule has 6 aromatic rings. The first-order chi connectivity index (χ1) is 30.1. The molecule has 2 N–H and O–H groups in total. The van der Waals surface area contributed by atoms with Gasteiger partial charge in [-0.25, -0.2) is 19.0 Å². The van der Waals surface area contributed by atoms with E-state index in [-0.39, 0.29) is 24.0 Å². The minimum atomic E-state index is -0.0330. The highest BCUT2D eigenvalue weighted by atomic mass is 35.5. The zero-order valence-corrected chi connectivity index (χ0v) is 36.2. The predicted octanol–water partition coefficient (Wildman–Crippen LogP) is 7.02. The molecule has 16 heteroatoms. The molecule has 10 heterocycles. The zero-order chi connectivity index (χ0) is 42.2. The van der Waals surface area contributed by atoms with Crippen LogP contribution in [0, 0.1) is 13.8 Å². The van der Waals surface area contributed by atoms with E-state index in [1.807, 2.05) is 72.2 Å². The van der Waals surface area contributed by atoms with E-state index in [0.29, 0.717) is 83.0 Å². The number of carbonyl (C=O) groups excluding carboxylic acids is 2. The van der Waals surface area contributed by atoms with E-state index in [9.17, 15) is 9.59 Å². The van der Waals surface area contributed by atoms with Crippen molar-refractivity contribution in [3.8, 4) is 11.5 Å². The zero-order valence-electron chi connectivity index (χ0n) is 34.7. The normalized spacial score (nSPS) is 24.6. The first kappa shape index (κ1) is 39.6. The summed E-state index contributed by atoms with van der Waals surface area (Å²) in [6.45, 7) is 5.68. The van der Waals surface area contributed by atoms with Crippen molar-refractivity contribution in [3.63, 3.8) is 0 Å². The maximum atomic E-state index is 13.4. The molecule has 0 radical (unpaired) electrons. The molecule has 6 aliphatic heterocycles. The molecule has 12 rings (SSSR count). The molecule has 4 fully saturated rings. The lowest BCUT2D eigenvalue weighted by Crippen LogP contribution is -2.42. The Hall–Kier alpha value is -5.28. The van der Waals surface area contributed by atoms with Gasteiger partial charge in [-0.3, -0.25) is 9.59 Å². The number of halogens is 2. The second-order valence-electron chi connectivity index (χ2n) is 17.7. The Bertz CT molecular complexity index is 2640. The summed E-state index contributed by atoms with van der Waals surface area (Å²) in [6.07, 6.45) is 12.6. The number of fused-ring (bicyclic) bond motifs is 10. The van der Waals surface area contributed by atoms with Crippen molar-refractivity contribution < 1.29 is 19.1 Å². The molecular weight excluding hydrogens is 827 g/mol. The van der Waals surface area contributed by atoms with Crippen LogP contribution in [-0.2, 0) is 26.2 Å². The molecule has 6 atom stereocenters. The molecule has 4 saturated heterocycles. The first-order valence-electron chi connectivity index (χ1n) is 21.8. The van der Waals surface area contributed by atoms with Gasteiger partial charge in [0.25, 0.3) is 11.8 Å². The molecule has 2 amide bonds. The number of ether oxygens (including phenoxy) is 2. The predicted molar refractivity (Wildman–Crippen MR) is 233 cm³/mol. The number of rotatable bonds is 6. The number of benzene rings is 2. The lowest BCUT2D eigenvalue weighted by molar-refractivity contribution is 0.0729. The molecule has 6 aliphatic rings. The van der Waals surface area contributed by atoms with Gasteiger partial charge in [0.15, 0.2) is 11.3 Å². The second-order valence-corrected chi connectivity index (χ2v) is 18.5. The largest absolute Gasteiger partial charge is 0.489 e. The maximum Gasteiger partial charge on any atom is 0.258 e. The molecule has 4 aromatic heterocycles. The summed E-state index contributed by atoms with van der Waals surface area (Å²) in [5.41, 5.74) is 8.09. The van der Waals surface area contributed by atoms with Crippen LogP contribution < -0.4 is 20.1 Å². The summed E-state index contributed by atoms with van der Waals surface area (Å²) in [7, 11) is 0. The Morgan fingerprint density at radius 1 is 0.661 bits per heavy atom. The number of nitrogens with one attached hydrogen (secondary N) is 2. The molecule has 0 aliphatic carbocycles. The first-order valence-corrected chi connectivity index (χ1v) is 22.5. The highest BCUT2D eigenvalue weighted by Crippen LogP contribution is 2.36. The Labute approximate surface area is 368 Å². The molecule has 62 heavy (non-hydrogen) atoms. The smallest absolute Gasteiger partial charge is 0.258 e. The lowest BCUT2D eigenvalue weighted by atomic mass is 10.0. The standard InChI is InChI=1S/2C23H24ClN5O2/c1-13-19(24)10-25-22-18-11-28(12-20(18)27-29(13)22)23(30)17-4-2-3-5-21(17)31-16-8-14-6-7-15(9-16)26-14;1-13-19(24)11-29-22(25-13)18-10-28(12-20(18)27-29)23(30)17-4-2-3-5-21(17)31-16-8-14-6-7-15(9-16)26-14/h2-5,10,14-16,26H,6-9,11-12H2,1H3;2-5,11,14-16,26H,6-10,12H2,1H3/t2*14-,15+,16?. The number of hydrogen-bond donors (Lipinski definition) is 2. The number of para-hydroxylation sites is 2. The van der Waals surface area contributed by atoms with Gasteiger partial charge in [-0.05, 0) is 89.5 Å². The molecule has 4 bridgehead atoms. The molecule has 2 aromatic carbocycles. The van der Waals surface area contributed by atoms with E-state index in [4.69, 9.17) is 32.7 Å². The van der Waals surface area contributed by atoms with Crippen LogP contribution in [0.15, 0.2) is 60.9 Å². The maximum absolute atomic E-state index is 13.4. The summed E-state index contributed by atoms with van der Waals surface area (Å²) < 4.78 is 16.2. The number of aryl methyl sites for hydroxylation is 2. The molecule has 0 spiro atoms. The fourth-order valence-corrected chi connectivity index (χ4v) is 10.7. The van der Waals surface area contributed by atoms with Crippen LogP contribution >= 0.6 is 23.2 Å². The number of carbonyl (C=O) groups is 2. The van der Waals surface area contributed by atoms with Gasteiger partial charge in [0, 0.05) is 41.5 Å². The van der Waals surface area contributed by atoms with Gasteiger partial charge >= 0.3 is 0 Å². The van der Waals surface area contributed by atoms with Crippen LogP contribution in [0.25, 0.3) is 11.3 Å². The van der Waals surface area contributed by atoms with Gasteiger partial charge in [0.2, 0.25) is 0 Å². The van der Waals surface area contributed by atoms with Crippen LogP contribution in [0.4, 0.5) is 0 Å². The number of nitrogens with zero attached hydrogens (tertiary/aromatic N) is 8. The van der Waals surface area contributed by atoms with Crippen LogP contribution in [0.1, 0.15) is 106 Å². The van der Waals surface area contributed by atoms with E-state index in [2.05, 4.69) is 30.8 Å². The second kappa shape index (κ2) is 15.8. The third-order valence-electron chi connectivity index (χ3n) is 13.6. The number of hydrogen-bond acceptors (Lipinski definition) is 10. The lowest BCUT2D eigenvalue weighted by Gasteiger charge is -2.30. The van der Waals surface area contributed by atoms with Crippen LogP contribution in [0.3, 0.4) is 0 Å². The van der Waals surface area contributed by atoms with Gasteiger partial charge in [-0.2, -0.15) is 10.2 Å². The highest BCUT2D eigenvalue weighted by molar-refractivity contribution is 6.31. The van der Waals surface area contributed by atoms with Crippen molar-refractivity contribution in [1.29, 1.82) is 0 Å². The summed E-state index contributed by atoms with van der Waals surface area (Å²) in [5, 5.41) is 17.7. The van der Waals surface area contributed by atoms with Crippen molar-refractivity contribution in [2.45, 2.75) is 128 Å². The van der Waals surface area contributed by atoms with Crippen molar-refractivity contribution in [2.75, 3.05) is 0 Å². The van der Waals surface area contributed by atoms with Crippen molar-refractivity contribution in [3.05, 3.63) is 116 Å². The quantitative estimate of drug-likeness (QED) is 0.179. The average Bonchev–Trinajstić information content (AvgIpc) is 4.13. The Balaban J connectivity index is 0.000000139. The Morgan fingerprint density at radius 2 is 1.16 bits per heavy atom. The number of amides is 2. The molecular formula is C46H48Cl2N10O4. The summed E-state index contributed by atoms with van der Waals surface area (Å²) in [5.74, 6) is 1.29. The van der Waals surface area contributed by atoms with Gasteiger partial charge in [-0.1, -0.05) is 47.5 Å². The Kier molecular flexibility index (Phi) is 10.1. The van der Waals surface area contributed by atoms with Gasteiger partial charge in [0.05, 0.1) is 76.3 Å². The van der Waals surface area contributed by atoms with E-state index < -0.39 is 0 Å². The molecule has 14 nitrogen and oxygen atoms in total. The third-order valence-corrected chi connectivity index (χ3v) is 14.3. The topological polar surface area (TPSA) is 144 Å². The van der Waals surface area contributed by atoms with E-state index in [0.717, 1.165) is 70.9 Å². The molecule has 2 unspecified atom stereocenters. The minimum Gasteiger partial charge on any atom is -0.489 e. The summed E-state index contributed by atoms with van der Waals surface area (Å²) >= 11 is 12.4. The molecule has 320 valence electrons. The van der Waals surface area contributed by atoms with E-state index >= 15 is 0 Å². The summed E-state index contributed by atoms with van der Waals surface area (Å²) in [4.78, 5) is 39.5. The SMILES string of the molecule is Cc1c(Cl)cnc2c3c(nn12)CN(C(=O)c1ccccc1OC1C[C@H]2CC[C@@H](C1)N2)C3.Cc1nc2c3c(nn2cc1Cl)CN(C(=O)c1ccccc1OC1C[C@H]2CC[C@@H](C1)N2)C3. The fourth-order valence-electron chi connectivity index (χ4n) is 10.4. The van der Waals surface area contributed by atoms with Crippen molar-refractivity contribution >= 4 is 46.3 Å². The minimum absolute atomic E-state index is 0.0330. The highest BCUT2D eigenvalue weighted by Gasteiger charge is 2.38. The monoisotopic (exact) mass is 874 g/mol. The molecule has 0 saturated carbocycles. The van der Waals surface area contributed by atoms with E-state index in [1.54, 1.807) is 21.4 Å². The van der Waals surface area contributed by atoms with Crippen molar-refractivity contribution in [2.24, 2.45) is 0 Å². The van der Waals surface area contributed by atoms with Crippen LogP contribution in [0.5, 0.6) is 11.5 Å². The van der Waals surface area contributed by atoms with Gasteiger partial charge < -0.3 is 29.9 Å². The summed E-state index contributed by atoms with van der Waals surface area (Å²) in [6, 6.07) is 17.4. The van der Waals surface area contributed by atoms with Crippen LogP contribution in [-0.4, -0.2) is 87.2 Å². The van der Waals surface area contributed by atoms with E-state index in [1.165, 1.54) is 25.7 Å². The average molecular weight is 876 g/mol. The van der Waals surface area contributed by atoms with Crippen molar-refractivity contribution in [1.82, 2.24) is 49.6 Å². The fraction of sp³-hybridized carbons (Fsp3) is 0.435. The Morgan fingerprint density at radius 3 is 1.71 bits per heavy atom. The number of aromatic nitrogens is 6. The van der Waals surface area contributed by atoms with Gasteiger partial charge in [-0.15, -0.1) is 0 Å².